The molecule has 3 aliphatic carbocycles. The molecule has 288 valence electrons. The average molecular weight is 762 g/mol. The van der Waals surface area contributed by atoms with E-state index in [0.717, 1.165) is 5.69 Å². The predicted octanol–water partition coefficient (Wildman–Crippen LogP) is 15.1. The van der Waals surface area contributed by atoms with Gasteiger partial charge < -0.3 is 4.90 Å². The van der Waals surface area contributed by atoms with Crippen molar-refractivity contribution < 1.29 is 0 Å². The van der Waals surface area contributed by atoms with E-state index in [-0.39, 0.29) is 5.41 Å². The van der Waals surface area contributed by atoms with E-state index in [1.165, 1.54) is 86.8 Å². The van der Waals surface area contributed by atoms with Crippen LogP contribution in [0.3, 0.4) is 0 Å². The number of hydrogen-bond donors (Lipinski definition) is 0. The number of hydrogen-bond acceptors (Lipinski definition) is 1. The summed E-state index contributed by atoms with van der Waals surface area (Å²) >= 11 is 0. The minimum Gasteiger partial charge on any atom is -0.310 e. The Hall–Kier alpha value is -6.18. The van der Waals surface area contributed by atoms with E-state index in [0.29, 0.717) is 23.7 Å². The molecule has 0 heterocycles. The van der Waals surface area contributed by atoms with Gasteiger partial charge in [0.05, 0.1) is 5.41 Å². The minimum absolute atomic E-state index is 0.0970. The predicted molar refractivity (Wildman–Crippen MR) is 247 cm³/mol. The van der Waals surface area contributed by atoms with Crippen LogP contribution in [0.15, 0.2) is 200 Å². The molecular weight excluding hydrogens is 711 g/mol. The Morgan fingerprint density at radius 3 is 1.46 bits per heavy atom. The van der Waals surface area contributed by atoms with E-state index >= 15 is 0 Å². The molecule has 3 aliphatic rings. The smallest absolute Gasteiger partial charge is 0.0707 e. The molecule has 8 aromatic rings. The third-order valence-electron chi connectivity index (χ3n) is 14.6. The molecule has 0 aromatic heterocycles. The molecule has 2 bridgehead atoms. The van der Waals surface area contributed by atoms with Crippen LogP contribution < -0.4 is 4.90 Å². The summed E-state index contributed by atoms with van der Waals surface area (Å²) in [6.45, 7) is 5.04. The lowest BCUT2D eigenvalue weighted by Gasteiger charge is -2.62. The van der Waals surface area contributed by atoms with Crippen molar-refractivity contribution in [3.8, 4) is 11.1 Å². The summed E-state index contributed by atoms with van der Waals surface area (Å²) < 4.78 is 0. The van der Waals surface area contributed by atoms with Gasteiger partial charge in [0.1, 0.15) is 0 Å². The lowest BCUT2D eigenvalue weighted by Crippen LogP contribution is -2.56. The largest absolute Gasteiger partial charge is 0.310 e. The number of rotatable bonds is 6. The third kappa shape index (κ3) is 5.58. The highest BCUT2D eigenvalue weighted by Gasteiger charge is 2.61. The maximum Gasteiger partial charge on any atom is 0.0707 e. The summed E-state index contributed by atoms with van der Waals surface area (Å²) in [5.74, 6) is 2.54. The topological polar surface area (TPSA) is 3.24 Å². The van der Waals surface area contributed by atoms with E-state index in [1.807, 2.05) is 0 Å². The van der Waals surface area contributed by atoms with Gasteiger partial charge in [-0.3, -0.25) is 0 Å². The Bertz CT molecular complexity index is 2700. The summed E-state index contributed by atoms with van der Waals surface area (Å²) in [5, 5.41) is 2.50. The van der Waals surface area contributed by atoms with Gasteiger partial charge in [-0.1, -0.05) is 178 Å². The molecule has 0 unspecified atom stereocenters. The molecule has 59 heavy (non-hydrogen) atoms. The summed E-state index contributed by atoms with van der Waals surface area (Å²) in [5.41, 5.74) is 14.1. The van der Waals surface area contributed by atoms with Crippen LogP contribution in [0.5, 0.6) is 0 Å². The van der Waals surface area contributed by atoms with Crippen LogP contribution in [-0.2, 0) is 10.8 Å². The zero-order valence-electron chi connectivity index (χ0n) is 34.1. The Kier molecular flexibility index (Phi) is 8.70. The van der Waals surface area contributed by atoms with Crippen molar-refractivity contribution in [2.45, 2.75) is 50.4 Å². The first kappa shape index (κ1) is 35.9. The van der Waals surface area contributed by atoms with Crippen LogP contribution >= 0.6 is 0 Å². The van der Waals surface area contributed by atoms with E-state index in [1.54, 1.807) is 5.56 Å². The highest BCUT2D eigenvalue weighted by atomic mass is 15.1. The van der Waals surface area contributed by atoms with Gasteiger partial charge in [-0.2, -0.15) is 0 Å². The van der Waals surface area contributed by atoms with Gasteiger partial charge in [0.15, 0.2) is 0 Å². The monoisotopic (exact) mass is 761 g/mol. The fourth-order valence-electron chi connectivity index (χ4n) is 12.4. The van der Waals surface area contributed by atoms with Crippen molar-refractivity contribution in [1.29, 1.82) is 0 Å². The van der Waals surface area contributed by atoms with Crippen LogP contribution in [0.25, 0.3) is 21.9 Å². The van der Waals surface area contributed by atoms with Gasteiger partial charge in [-0.25, -0.2) is 0 Å². The molecule has 0 saturated heterocycles. The van der Waals surface area contributed by atoms with Crippen molar-refractivity contribution in [1.82, 2.24) is 0 Å². The molecule has 0 N–H and O–H groups in total. The van der Waals surface area contributed by atoms with Crippen molar-refractivity contribution in [2.24, 2.45) is 23.7 Å². The molecule has 2 fully saturated rings. The van der Waals surface area contributed by atoms with E-state index in [2.05, 4.69) is 219 Å². The number of nitrogens with zero attached hydrogens (tertiary/aromatic N) is 1. The Morgan fingerprint density at radius 1 is 0.373 bits per heavy atom. The highest BCUT2D eigenvalue weighted by Crippen LogP contribution is 2.67. The second-order valence-electron chi connectivity index (χ2n) is 18.0. The van der Waals surface area contributed by atoms with E-state index in [4.69, 9.17) is 0 Å². The molecule has 0 aliphatic heterocycles. The molecule has 2 saturated carbocycles. The minimum atomic E-state index is -0.480. The molecule has 0 atom stereocenters. The molecule has 1 heteroatoms. The second kappa shape index (κ2) is 14.3. The fraction of sp³-hybridized carbons (Fsp3) is 0.207. The first-order chi connectivity index (χ1) is 29.0. The molecule has 0 amide bonds. The first-order valence-electron chi connectivity index (χ1n) is 21.9. The zero-order valence-corrected chi connectivity index (χ0v) is 34.1. The Labute approximate surface area is 350 Å². The highest BCUT2D eigenvalue weighted by molar-refractivity contribution is 5.90. The van der Waals surface area contributed by atoms with Gasteiger partial charge in [0.25, 0.3) is 0 Å². The normalized spacial score (nSPS) is 22.7. The van der Waals surface area contributed by atoms with Crippen LogP contribution in [0.4, 0.5) is 17.1 Å². The van der Waals surface area contributed by atoms with E-state index in [9.17, 15) is 0 Å². The number of benzene rings is 8. The van der Waals surface area contributed by atoms with Crippen molar-refractivity contribution in [2.75, 3.05) is 4.90 Å². The van der Waals surface area contributed by atoms with Gasteiger partial charge in [0, 0.05) is 22.5 Å². The van der Waals surface area contributed by atoms with Crippen LogP contribution in [0.1, 0.15) is 72.9 Å². The SMILES string of the molecule is C[C@H]1C[C@@H]2C[C@@H](C)C[C@H](C1)C21c2ccccc2C(c2ccccc2)(c2ccccc2)c2ccc(N(c3ccc(-c4ccccc4)cc3)c3ccc4ccccc4c3)cc21. The third-order valence-corrected chi connectivity index (χ3v) is 14.6. The first-order valence-corrected chi connectivity index (χ1v) is 21.9. The standard InChI is InChI=1S/C58H51N/c1-40-34-48-36-41(2)37-49(35-40)58(48)54-25-15-14-24-53(54)57(46-20-8-4-9-21-46,47-22-10-5-11-23-47)55-33-32-52(39-56(55)58)59(51-31-28-43-18-12-13-19-45(43)38-51)50-29-26-44(27-30-50)42-16-6-3-7-17-42/h3-33,38-41,48-49H,34-37H2,1-2H3/t40-,41+,48+,49-,58?. The number of anilines is 3. The molecule has 1 nitrogen and oxygen atoms in total. The maximum absolute atomic E-state index is 2.66. The molecular formula is C58H51N. The maximum atomic E-state index is 2.66. The average Bonchev–Trinajstić information content (AvgIpc) is 3.28. The second-order valence-corrected chi connectivity index (χ2v) is 18.0. The lowest BCUT2D eigenvalue weighted by molar-refractivity contribution is 0.0238. The summed E-state index contributed by atoms with van der Waals surface area (Å²) in [7, 11) is 0. The quantitative estimate of drug-likeness (QED) is 0.163. The molecule has 0 radical (unpaired) electrons. The van der Waals surface area contributed by atoms with Crippen molar-refractivity contribution in [3.05, 3.63) is 234 Å². The van der Waals surface area contributed by atoms with Gasteiger partial charge >= 0.3 is 0 Å². The van der Waals surface area contributed by atoms with Crippen LogP contribution in [-0.4, -0.2) is 0 Å². The molecule has 8 aromatic carbocycles. The summed E-state index contributed by atoms with van der Waals surface area (Å²) in [4.78, 5) is 2.52. The lowest BCUT2D eigenvalue weighted by atomic mass is 9.41. The summed E-state index contributed by atoms with van der Waals surface area (Å²) in [6, 6.07) is 75.8. The van der Waals surface area contributed by atoms with Gasteiger partial charge in [-0.15, -0.1) is 0 Å². The van der Waals surface area contributed by atoms with Crippen molar-refractivity contribution >= 4 is 27.8 Å². The molecule has 1 spiro atoms. The Balaban J connectivity index is 1.22. The molecule has 11 rings (SSSR count). The summed E-state index contributed by atoms with van der Waals surface area (Å²) in [6.07, 6.45) is 5.05. The van der Waals surface area contributed by atoms with Crippen LogP contribution in [0.2, 0.25) is 0 Å². The Morgan fingerprint density at radius 2 is 0.831 bits per heavy atom. The van der Waals surface area contributed by atoms with Gasteiger partial charge in [0.2, 0.25) is 0 Å². The van der Waals surface area contributed by atoms with Gasteiger partial charge in [-0.05, 0) is 141 Å². The van der Waals surface area contributed by atoms with Crippen LogP contribution in [0, 0.1) is 23.7 Å². The van der Waals surface area contributed by atoms with E-state index < -0.39 is 5.41 Å². The zero-order chi connectivity index (χ0) is 39.6. The number of fused-ring (bicyclic) bond motifs is 3. The van der Waals surface area contributed by atoms with Crippen molar-refractivity contribution in [3.63, 3.8) is 0 Å². The fourth-order valence-corrected chi connectivity index (χ4v) is 12.4.